The molecule has 1 aliphatic rings. The average molecular weight is 554 g/mol. The molecule has 1 saturated heterocycles. The Morgan fingerprint density at radius 3 is 2.56 bits per heavy atom. The molecular formula is C30H35N9O2. The van der Waals surface area contributed by atoms with E-state index >= 15 is 0 Å². The Bertz CT molecular complexity index is 1820. The van der Waals surface area contributed by atoms with Crippen LogP contribution in [0.15, 0.2) is 66.2 Å². The third-order valence-electron chi connectivity index (χ3n) is 7.66. The van der Waals surface area contributed by atoms with Gasteiger partial charge in [0.25, 0.3) is 5.56 Å². The number of aromatic nitrogens is 6. The van der Waals surface area contributed by atoms with E-state index in [1.54, 1.807) is 49.0 Å². The zero-order valence-electron chi connectivity index (χ0n) is 23.9. The monoisotopic (exact) mass is 553 g/mol. The first-order chi connectivity index (χ1) is 19.7. The number of anilines is 3. The highest BCUT2D eigenvalue weighted by atomic mass is 16.3. The quantitative estimate of drug-likeness (QED) is 0.295. The number of aliphatic hydroxyl groups is 1. The Labute approximate surface area is 238 Å². The summed E-state index contributed by atoms with van der Waals surface area (Å²) >= 11 is 0. The normalized spacial score (nSPS) is 14.7. The molecule has 1 aliphatic heterocycles. The van der Waals surface area contributed by atoms with Crippen LogP contribution in [0.5, 0.6) is 0 Å². The SMILES string of the molecule is C=CCn1c(=O)c2cnc(Nc3ccc(N4CCN(C)CC4)c4ccn(C)c34)nc2n1-c1cccc(C(C)(C)O)n1. The van der Waals surface area contributed by atoms with Gasteiger partial charge in [0, 0.05) is 56.7 Å². The van der Waals surface area contributed by atoms with Crippen LogP contribution < -0.4 is 15.8 Å². The van der Waals surface area contributed by atoms with E-state index in [2.05, 4.69) is 67.7 Å². The summed E-state index contributed by atoms with van der Waals surface area (Å²) in [7, 11) is 4.18. The van der Waals surface area contributed by atoms with Crippen LogP contribution in [-0.2, 0) is 19.2 Å². The van der Waals surface area contributed by atoms with Crippen molar-refractivity contribution in [2.24, 2.45) is 7.05 Å². The Hall–Kier alpha value is -4.48. The van der Waals surface area contributed by atoms with Gasteiger partial charge in [-0.25, -0.2) is 19.3 Å². The van der Waals surface area contributed by atoms with E-state index in [0.717, 1.165) is 42.8 Å². The van der Waals surface area contributed by atoms with E-state index < -0.39 is 5.60 Å². The van der Waals surface area contributed by atoms with Crippen molar-refractivity contribution in [2.75, 3.05) is 43.4 Å². The molecule has 0 atom stereocenters. The van der Waals surface area contributed by atoms with Crippen molar-refractivity contribution in [2.45, 2.75) is 26.0 Å². The van der Waals surface area contributed by atoms with Gasteiger partial charge in [0.1, 0.15) is 11.0 Å². The maximum Gasteiger partial charge on any atom is 0.278 e. The summed E-state index contributed by atoms with van der Waals surface area (Å²) in [6.07, 6.45) is 5.26. The molecule has 0 radical (unpaired) electrons. The molecule has 1 fully saturated rings. The minimum absolute atomic E-state index is 0.247. The van der Waals surface area contributed by atoms with Crippen LogP contribution in [0.2, 0.25) is 0 Å². The summed E-state index contributed by atoms with van der Waals surface area (Å²) in [4.78, 5) is 32.1. The molecule has 2 N–H and O–H groups in total. The molecule has 0 saturated carbocycles. The number of hydrogen-bond acceptors (Lipinski definition) is 8. The lowest BCUT2D eigenvalue weighted by Crippen LogP contribution is -2.44. The number of aryl methyl sites for hydroxylation is 1. The number of benzene rings is 1. The minimum atomic E-state index is -1.15. The molecule has 1 aromatic carbocycles. The summed E-state index contributed by atoms with van der Waals surface area (Å²) < 4.78 is 5.28. The zero-order valence-corrected chi connectivity index (χ0v) is 23.9. The molecule has 11 nitrogen and oxygen atoms in total. The molecule has 11 heteroatoms. The second-order valence-electron chi connectivity index (χ2n) is 11.1. The highest BCUT2D eigenvalue weighted by molar-refractivity contribution is 6.01. The summed E-state index contributed by atoms with van der Waals surface area (Å²) in [6, 6.07) is 11.7. The molecule has 0 spiro atoms. The number of nitrogens with zero attached hydrogens (tertiary/aromatic N) is 8. The molecular weight excluding hydrogens is 518 g/mol. The second kappa shape index (κ2) is 10.2. The average Bonchev–Trinajstić information content (AvgIpc) is 3.47. The van der Waals surface area contributed by atoms with Crippen molar-refractivity contribution in [1.82, 2.24) is 33.8 Å². The van der Waals surface area contributed by atoms with Gasteiger partial charge in [0.05, 0.1) is 23.4 Å². The number of nitrogens with one attached hydrogen (secondary N) is 1. The third-order valence-corrected chi connectivity index (χ3v) is 7.66. The topological polar surface area (TPSA) is 109 Å². The van der Waals surface area contributed by atoms with Crippen molar-refractivity contribution in [1.29, 1.82) is 0 Å². The molecule has 0 amide bonds. The van der Waals surface area contributed by atoms with Crippen LogP contribution in [0.1, 0.15) is 19.5 Å². The van der Waals surface area contributed by atoms with Gasteiger partial charge in [-0.15, -0.1) is 6.58 Å². The minimum Gasteiger partial charge on any atom is -0.384 e. The maximum absolute atomic E-state index is 13.4. The predicted molar refractivity (Wildman–Crippen MR) is 162 cm³/mol. The lowest BCUT2D eigenvalue weighted by atomic mass is 10.1. The third kappa shape index (κ3) is 4.76. The van der Waals surface area contributed by atoms with Gasteiger partial charge in [-0.05, 0) is 51.2 Å². The van der Waals surface area contributed by atoms with Crippen molar-refractivity contribution in [3.63, 3.8) is 0 Å². The maximum atomic E-state index is 13.4. The molecule has 0 unspecified atom stereocenters. The predicted octanol–water partition coefficient (Wildman–Crippen LogP) is 3.38. The Morgan fingerprint density at radius 1 is 1.05 bits per heavy atom. The van der Waals surface area contributed by atoms with E-state index in [4.69, 9.17) is 4.98 Å². The summed E-state index contributed by atoms with van der Waals surface area (Å²) in [5, 5.41) is 15.5. The van der Waals surface area contributed by atoms with Gasteiger partial charge >= 0.3 is 0 Å². The van der Waals surface area contributed by atoms with E-state index in [9.17, 15) is 9.90 Å². The van der Waals surface area contributed by atoms with Crippen LogP contribution in [-0.4, -0.2) is 72.1 Å². The van der Waals surface area contributed by atoms with Crippen LogP contribution in [0.4, 0.5) is 17.3 Å². The van der Waals surface area contributed by atoms with Crippen molar-refractivity contribution in [3.8, 4) is 5.82 Å². The second-order valence-corrected chi connectivity index (χ2v) is 11.1. The molecule has 41 heavy (non-hydrogen) atoms. The zero-order chi connectivity index (χ0) is 28.9. The molecule has 6 rings (SSSR count). The molecule has 0 bridgehead atoms. The first-order valence-electron chi connectivity index (χ1n) is 13.7. The van der Waals surface area contributed by atoms with E-state index in [0.29, 0.717) is 28.5 Å². The van der Waals surface area contributed by atoms with Gasteiger partial charge in [0.2, 0.25) is 5.95 Å². The number of hydrogen-bond donors (Lipinski definition) is 2. The van der Waals surface area contributed by atoms with Crippen molar-refractivity contribution < 1.29 is 5.11 Å². The van der Waals surface area contributed by atoms with Gasteiger partial charge in [0.15, 0.2) is 11.5 Å². The van der Waals surface area contributed by atoms with Gasteiger partial charge < -0.3 is 24.8 Å². The van der Waals surface area contributed by atoms with Crippen LogP contribution in [0.25, 0.3) is 27.8 Å². The number of rotatable bonds is 7. The molecule has 5 aromatic rings. The number of fused-ring (bicyclic) bond motifs is 2. The smallest absolute Gasteiger partial charge is 0.278 e. The van der Waals surface area contributed by atoms with Crippen molar-refractivity contribution >= 4 is 39.3 Å². The van der Waals surface area contributed by atoms with Gasteiger partial charge in [-0.1, -0.05) is 12.1 Å². The Balaban J connectivity index is 1.44. The molecule has 0 aliphatic carbocycles. The van der Waals surface area contributed by atoms with Gasteiger partial charge in [-0.3, -0.25) is 4.79 Å². The Kier molecular flexibility index (Phi) is 6.63. The first kappa shape index (κ1) is 26.7. The summed E-state index contributed by atoms with van der Waals surface area (Å²) in [5.74, 6) is 0.820. The van der Waals surface area contributed by atoms with Gasteiger partial charge in [-0.2, -0.15) is 4.98 Å². The first-order valence-corrected chi connectivity index (χ1v) is 13.7. The number of pyridine rings is 1. The molecule has 5 heterocycles. The molecule has 212 valence electrons. The summed E-state index contributed by atoms with van der Waals surface area (Å²) in [6.45, 7) is 11.4. The fraction of sp³-hybridized carbons (Fsp3) is 0.333. The summed E-state index contributed by atoms with van der Waals surface area (Å²) in [5.41, 5.74) is 2.62. The van der Waals surface area contributed by atoms with E-state index in [-0.39, 0.29) is 12.1 Å². The van der Waals surface area contributed by atoms with E-state index in [1.165, 1.54) is 10.4 Å². The standard InChI is InChI=1S/C30H35N9O2/c1-6-13-38-28(40)21-19-31-29(34-27(21)39(38)25-9-7-8-24(33-25)30(2,3)41)32-22-10-11-23(20-12-14-36(5)26(20)22)37-17-15-35(4)16-18-37/h6-12,14,19,41H,1,13,15-18H2,2-5H3,(H,31,32,34). The Morgan fingerprint density at radius 2 is 1.83 bits per heavy atom. The van der Waals surface area contributed by atoms with Crippen LogP contribution in [0, 0.1) is 0 Å². The molecule has 4 aromatic heterocycles. The lowest BCUT2D eigenvalue weighted by Gasteiger charge is -2.34. The fourth-order valence-corrected chi connectivity index (χ4v) is 5.44. The number of allylic oxidation sites excluding steroid dienone is 1. The highest BCUT2D eigenvalue weighted by Crippen LogP contribution is 2.34. The van der Waals surface area contributed by atoms with Crippen molar-refractivity contribution in [3.05, 3.63) is 77.5 Å². The largest absolute Gasteiger partial charge is 0.384 e. The number of piperazine rings is 1. The highest BCUT2D eigenvalue weighted by Gasteiger charge is 2.23. The van der Waals surface area contributed by atoms with Crippen LogP contribution in [0.3, 0.4) is 0 Å². The number of likely N-dealkylation sites (N-methyl/N-ethyl adjacent to an activating group) is 1. The lowest BCUT2D eigenvalue weighted by molar-refractivity contribution is 0.0738. The fourth-order valence-electron chi connectivity index (χ4n) is 5.44. The van der Waals surface area contributed by atoms with E-state index in [1.807, 2.05) is 7.05 Å². The van der Waals surface area contributed by atoms with Crippen LogP contribution >= 0.6 is 0 Å².